The van der Waals surface area contributed by atoms with E-state index in [2.05, 4.69) is 50.2 Å². The summed E-state index contributed by atoms with van der Waals surface area (Å²) < 4.78 is 27.9. The van der Waals surface area contributed by atoms with Crippen LogP contribution in [0.5, 0.6) is 23.0 Å². The summed E-state index contributed by atoms with van der Waals surface area (Å²) in [5, 5.41) is 2.42. The molecule has 4 heteroatoms. The normalized spacial score (nSPS) is 14.0. The van der Waals surface area contributed by atoms with Gasteiger partial charge in [0.1, 0.15) is 0 Å². The Kier molecular flexibility index (Phi) is 5.76. The lowest BCUT2D eigenvalue weighted by Crippen LogP contribution is -2.24. The summed E-state index contributed by atoms with van der Waals surface area (Å²) in [5.74, 6) is 2.80. The molecular formula is C39H29O3P. The van der Waals surface area contributed by atoms with Crippen molar-refractivity contribution >= 4 is 23.1 Å². The van der Waals surface area contributed by atoms with Crippen LogP contribution >= 0.6 is 7.14 Å². The molecule has 1 aliphatic heterocycles. The van der Waals surface area contributed by atoms with Crippen LogP contribution in [0.15, 0.2) is 140 Å². The van der Waals surface area contributed by atoms with E-state index < -0.39 is 7.14 Å². The number of fused-ring (bicyclic) bond motifs is 5. The molecular weight excluding hydrogens is 547 g/mol. The molecule has 0 fully saturated rings. The second-order valence-corrected chi connectivity index (χ2v) is 14.4. The fourth-order valence-corrected chi connectivity index (χ4v) is 9.25. The van der Waals surface area contributed by atoms with E-state index in [1.165, 1.54) is 22.3 Å². The number of rotatable bonds is 4. The van der Waals surface area contributed by atoms with E-state index in [1.807, 2.05) is 103 Å². The van der Waals surface area contributed by atoms with Crippen molar-refractivity contribution in [1.29, 1.82) is 0 Å². The van der Waals surface area contributed by atoms with Crippen molar-refractivity contribution < 1.29 is 14.0 Å². The highest BCUT2D eigenvalue weighted by atomic mass is 31.2. The van der Waals surface area contributed by atoms with E-state index in [9.17, 15) is 4.57 Å². The molecule has 0 saturated heterocycles. The third-order valence-electron chi connectivity index (χ3n) is 8.84. The highest BCUT2D eigenvalue weighted by Gasteiger charge is 2.37. The molecule has 0 amide bonds. The van der Waals surface area contributed by atoms with Crippen LogP contribution in [0, 0.1) is 0 Å². The van der Waals surface area contributed by atoms with Gasteiger partial charge < -0.3 is 14.0 Å². The Morgan fingerprint density at radius 2 is 1.07 bits per heavy atom. The van der Waals surface area contributed by atoms with Crippen LogP contribution in [0.2, 0.25) is 0 Å². The standard InChI is InChI=1S/C39H29O3P/c1-39(2)33-18-10-9-16-31(33)32-24-36-37(25-34(32)39)41-35-19-11-17-30(38(35)42-36)26-20-22-29(23-21-26)43(40,27-12-5-3-6-13-27)28-14-7-4-8-15-28/h3-25H,1-2H3. The van der Waals surface area contributed by atoms with Gasteiger partial charge in [-0.1, -0.05) is 135 Å². The zero-order valence-electron chi connectivity index (χ0n) is 24.0. The van der Waals surface area contributed by atoms with Crippen molar-refractivity contribution in [2.24, 2.45) is 0 Å². The number of para-hydroxylation sites is 1. The van der Waals surface area contributed by atoms with E-state index in [4.69, 9.17) is 9.47 Å². The Morgan fingerprint density at radius 1 is 0.488 bits per heavy atom. The van der Waals surface area contributed by atoms with Crippen molar-refractivity contribution in [1.82, 2.24) is 0 Å². The van der Waals surface area contributed by atoms with Crippen LogP contribution in [0.25, 0.3) is 22.3 Å². The summed E-state index contributed by atoms with van der Waals surface area (Å²) in [4.78, 5) is 0. The highest BCUT2D eigenvalue weighted by Crippen LogP contribution is 2.56. The van der Waals surface area contributed by atoms with Crippen LogP contribution in [0.4, 0.5) is 0 Å². The SMILES string of the molecule is CC1(C)c2ccccc2-c2cc3c(cc21)Oc1cccc(-c2ccc(P(=O)(c4ccccc4)c4ccccc4)cc2)c1O3. The number of hydrogen-bond donors (Lipinski definition) is 0. The minimum absolute atomic E-state index is 0.118. The fourth-order valence-electron chi connectivity index (χ4n) is 6.60. The molecule has 0 saturated carbocycles. The summed E-state index contributed by atoms with van der Waals surface area (Å²) in [6.07, 6.45) is 0. The van der Waals surface area contributed by atoms with E-state index in [-0.39, 0.29) is 5.41 Å². The number of benzene rings is 6. The summed E-state index contributed by atoms with van der Waals surface area (Å²) in [7, 11) is -3.06. The molecule has 0 radical (unpaired) electrons. The largest absolute Gasteiger partial charge is 0.449 e. The molecule has 0 spiro atoms. The average Bonchev–Trinajstić information content (AvgIpc) is 3.28. The van der Waals surface area contributed by atoms with Gasteiger partial charge in [0.2, 0.25) is 0 Å². The van der Waals surface area contributed by atoms with Crippen molar-refractivity contribution in [3.05, 3.63) is 151 Å². The molecule has 6 aromatic carbocycles. The maximum absolute atomic E-state index is 14.8. The third-order valence-corrected chi connectivity index (χ3v) is 11.9. The zero-order valence-corrected chi connectivity index (χ0v) is 24.8. The van der Waals surface area contributed by atoms with Crippen LogP contribution in [0.1, 0.15) is 25.0 Å². The lowest BCUT2D eigenvalue weighted by atomic mass is 9.82. The number of hydrogen-bond acceptors (Lipinski definition) is 3. The monoisotopic (exact) mass is 576 g/mol. The molecule has 6 aromatic rings. The molecule has 0 N–H and O–H groups in total. The number of ether oxygens (including phenoxy) is 2. The lowest BCUT2D eigenvalue weighted by Gasteiger charge is -2.26. The van der Waals surface area contributed by atoms with Crippen molar-refractivity contribution in [2.75, 3.05) is 0 Å². The topological polar surface area (TPSA) is 35.5 Å². The van der Waals surface area contributed by atoms with Gasteiger partial charge in [-0.25, -0.2) is 0 Å². The van der Waals surface area contributed by atoms with Gasteiger partial charge in [0.15, 0.2) is 30.1 Å². The molecule has 0 bridgehead atoms. The first-order valence-corrected chi connectivity index (χ1v) is 16.2. The Morgan fingerprint density at radius 3 is 1.77 bits per heavy atom. The van der Waals surface area contributed by atoms with Crippen LogP contribution < -0.4 is 25.4 Å². The molecule has 1 heterocycles. The minimum Gasteiger partial charge on any atom is -0.449 e. The molecule has 0 aromatic heterocycles. The van der Waals surface area contributed by atoms with Gasteiger partial charge in [-0.05, 0) is 46.0 Å². The van der Waals surface area contributed by atoms with Crippen molar-refractivity contribution in [3.63, 3.8) is 0 Å². The predicted octanol–water partition coefficient (Wildman–Crippen LogP) is 9.20. The van der Waals surface area contributed by atoms with Crippen molar-refractivity contribution in [2.45, 2.75) is 19.3 Å². The van der Waals surface area contributed by atoms with E-state index in [0.29, 0.717) is 17.2 Å². The van der Waals surface area contributed by atoms with Crippen LogP contribution in [-0.4, -0.2) is 0 Å². The van der Waals surface area contributed by atoms with Crippen molar-refractivity contribution in [3.8, 4) is 45.3 Å². The van der Waals surface area contributed by atoms with E-state index in [1.54, 1.807) is 0 Å². The van der Waals surface area contributed by atoms with Crippen LogP contribution in [0.3, 0.4) is 0 Å². The first kappa shape index (κ1) is 25.8. The summed E-state index contributed by atoms with van der Waals surface area (Å²) in [6.45, 7) is 4.52. The minimum atomic E-state index is -3.06. The molecule has 2 aliphatic rings. The van der Waals surface area contributed by atoms with Gasteiger partial charge in [0, 0.05) is 26.9 Å². The van der Waals surface area contributed by atoms with Gasteiger partial charge in [0.25, 0.3) is 0 Å². The molecule has 0 atom stereocenters. The second-order valence-electron chi connectivity index (χ2n) is 11.7. The van der Waals surface area contributed by atoms with Gasteiger partial charge in [-0.15, -0.1) is 0 Å². The maximum Gasteiger partial charge on any atom is 0.177 e. The summed E-state index contributed by atoms with van der Waals surface area (Å²) >= 11 is 0. The summed E-state index contributed by atoms with van der Waals surface area (Å²) in [5.41, 5.74) is 6.75. The molecule has 1 aliphatic carbocycles. The Balaban J connectivity index is 1.19. The quantitative estimate of drug-likeness (QED) is 0.196. The van der Waals surface area contributed by atoms with Gasteiger partial charge in [-0.3, -0.25) is 0 Å². The van der Waals surface area contributed by atoms with Gasteiger partial charge >= 0.3 is 0 Å². The Hall–Kier alpha value is -4.85. The smallest absolute Gasteiger partial charge is 0.177 e. The second kappa shape index (κ2) is 9.59. The van der Waals surface area contributed by atoms with E-state index >= 15 is 0 Å². The Labute approximate surface area is 251 Å². The fraction of sp³-hybridized carbons (Fsp3) is 0.0769. The molecule has 3 nitrogen and oxygen atoms in total. The zero-order chi connectivity index (χ0) is 29.2. The first-order valence-electron chi connectivity index (χ1n) is 14.5. The Bertz CT molecular complexity index is 2020. The van der Waals surface area contributed by atoms with Gasteiger partial charge in [-0.2, -0.15) is 0 Å². The molecule has 43 heavy (non-hydrogen) atoms. The molecule has 8 rings (SSSR count). The summed E-state index contributed by atoms with van der Waals surface area (Å²) in [6, 6.07) is 46.4. The molecule has 0 unspecified atom stereocenters. The lowest BCUT2D eigenvalue weighted by molar-refractivity contribution is 0.360. The van der Waals surface area contributed by atoms with Gasteiger partial charge in [0.05, 0.1) is 0 Å². The predicted molar refractivity (Wildman–Crippen MR) is 175 cm³/mol. The third kappa shape index (κ3) is 3.92. The van der Waals surface area contributed by atoms with E-state index in [0.717, 1.165) is 32.8 Å². The maximum atomic E-state index is 14.8. The van der Waals surface area contributed by atoms with Crippen LogP contribution in [-0.2, 0) is 9.98 Å². The first-order chi connectivity index (χ1) is 20.9. The average molecular weight is 577 g/mol. The molecule has 208 valence electrons. The highest BCUT2D eigenvalue weighted by molar-refractivity contribution is 7.85.